The van der Waals surface area contributed by atoms with Crippen LogP contribution in [-0.2, 0) is 14.4 Å². The van der Waals surface area contributed by atoms with Crippen LogP contribution in [0.25, 0.3) is 0 Å². The van der Waals surface area contributed by atoms with Crippen molar-refractivity contribution in [3.8, 4) is 0 Å². The molecule has 36 heavy (non-hydrogen) atoms. The lowest BCUT2D eigenvalue weighted by Crippen LogP contribution is -2.49. The van der Waals surface area contributed by atoms with E-state index in [1.807, 2.05) is 13.8 Å². The second-order valence-corrected chi connectivity index (χ2v) is 8.53. The Labute approximate surface area is 210 Å². The molecule has 0 saturated heterocycles. The smallest absolute Gasteiger partial charge is 0.305 e. The van der Waals surface area contributed by atoms with Crippen LogP contribution in [-0.4, -0.2) is 86.6 Å². The van der Waals surface area contributed by atoms with E-state index in [-0.39, 0.29) is 36.8 Å². The lowest BCUT2D eigenvalue weighted by molar-refractivity contribution is -0.140. The van der Waals surface area contributed by atoms with E-state index in [1.54, 1.807) is 11.9 Å². The van der Waals surface area contributed by atoms with Crippen molar-refractivity contribution in [2.24, 2.45) is 5.16 Å². The van der Waals surface area contributed by atoms with Gasteiger partial charge < -0.3 is 26.4 Å². The van der Waals surface area contributed by atoms with Gasteiger partial charge in [0.2, 0.25) is 5.91 Å². The monoisotopic (exact) mass is 507 g/mol. The quantitative estimate of drug-likeness (QED) is 0.117. The zero-order valence-corrected chi connectivity index (χ0v) is 21.3. The van der Waals surface area contributed by atoms with Crippen LogP contribution in [0.15, 0.2) is 22.3 Å². The number of amides is 1. The van der Waals surface area contributed by atoms with Crippen molar-refractivity contribution in [1.29, 1.82) is 5.41 Å². The van der Waals surface area contributed by atoms with Crippen LogP contribution < -0.4 is 16.2 Å². The van der Waals surface area contributed by atoms with E-state index in [2.05, 4.69) is 20.8 Å². The maximum Gasteiger partial charge on any atom is 0.305 e. The number of nitrogens with zero attached hydrogens (tertiary/aromatic N) is 4. The molecule has 1 aromatic heterocycles. The molecule has 2 unspecified atom stereocenters. The predicted octanol–water partition coefficient (Wildman–Crippen LogP) is 1.13. The highest BCUT2D eigenvalue weighted by Gasteiger charge is 2.29. The summed E-state index contributed by atoms with van der Waals surface area (Å²) in [5.74, 6) is -2.43. The van der Waals surface area contributed by atoms with Crippen LogP contribution in [0, 0.1) is 5.41 Å². The number of aromatic nitrogens is 2. The number of anilines is 1. The van der Waals surface area contributed by atoms with Gasteiger partial charge in [-0.25, -0.2) is 4.98 Å². The molecule has 0 aromatic carbocycles. The molecule has 200 valence electrons. The molecule has 5 N–H and O–H groups in total. The van der Waals surface area contributed by atoms with E-state index in [1.165, 1.54) is 19.3 Å². The molecular formula is C23H37N7O6. The standard InChI is InChI=1S/C23H37N7O6/c1-5-7-10-29(4)14-19(31)16(12-20(32)33)27-22(34)18(8-6-2)30-11-9-25-21(23(30)35)26-13-17(28-36)15(3)24/h9,11,16,18,24,36H,5-8,10,12-14H2,1-4H3,(H,25,26)(H,27,34)(H,32,33)/b24-15?,28-17-. The molecule has 13 heteroatoms. The minimum Gasteiger partial charge on any atom is -0.481 e. The van der Waals surface area contributed by atoms with Gasteiger partial charge in [0.05, 0.1) is 31.3 Å². The number of carboxylic acids is 1. The van der Waals surface area contributed by atoms with Crippen molar-refractivity contribution in [2.75, 3.05) is 32.0 Å². The van der Waals surface area contributed by atoms with Gasteiger partial charge in [-0.1, -0.05) is 31.8 Å². The van der Waals surface area contributed by atoms with Gasteiger partial charge in [-0.2, -0.15) is 0 Å². The van der Waals surface area contributed by atoms with Gasteiger partial charge in [-0.15, -0.1) is 0 Å². The van der Waals surface area contributed by atoms with Crippen molar-refractivity contribution in [2.45, 2.75) is 65.0 Å². The van der Waals surface area contributed by atoms with Crippen LogP contribution in [0.1, 0.15) is 58.9 Å². The number of hydrogen-bond donors (Lipinski definition) is 5. The third kappa shape index (κ3) is 9.56. The first-order valence-electron chi connectivity index (χ1n) is 11.9. The van der Waals surface area contributed by atoms with Crippen molar-refractivity contribution in [3.63, 3.8) is 0 Å². The summed E-state index contributed by atoms with van der Waals surface area (Å²) in [4.78, 5) is 56.2. The fraction of sp³-hybridized carbons (Fsp3) is 0.609. The molecule has 1 heterocycles. The summed E-state index contributed by atoms with van der Waals surface area (Å²) < 4.78 is 1.16. The molecule has 1 amide bonds. The van der Waals surface area contributed by atoms with Crippen molar-refractivity contribution in [1.82, 2.24) is 19.8 Å². The zero-order chi connectivity index (χ0) is 27.3. The number of ketones is 1. The molecule has 0 aliphatic carbocycles. The molecule has 2 atom stereocenters. The molecule has 1 aromatic rings. The first-order chi connectivity index (χ1) is 17.0. The number of Topliss-reactive ketones (excluding diaryl/α,β-unsaturated/α-hetero) is 1. The number of carboxylic acid groups (broad SMARTS) is 1. The SMILES string of the molecule is CCCCN(C)CC(=O)C(CC(=O)O)NC(=O)C(CCC)n1ccnc(NC/C(=N/O)C(C)=N)c1=O. The fourth-order valence-corrected chi connectivity index (χ4v) is 3.44. The number of carbonyl (C=O) groups excluding carboxylic acids is 2. The van der Waals surface area contributed by atoms with Gasteiger partial charge in [0.25, 0.3) is 5.56 Å². The Hall–Kier alpha value is -3.61. The molecule has 0 aliphatic heterocycles. The maximum absolute atomic E-state index is 13.2. The number of hydrogen-bond acceptors (Lipinski definition) is 10. The largest absolute Gasteiger partial charge is 0.481 e. The fourth-order valence-electron chi connectivity index (χ4n) is 3.44. The number of likely N-dealkylation sites (N-methyl/N-ethyl adjacent to an activating group) is 1. The molecule has 0 saturated carbocycles. The van der Waals surface area contributed by atoms with E-state index in [4.69, 9.17) is 10.6 Å². The maximum atomic E-state index is 13.2. The summed E-state index contributed by atoms with van der Waals surface area (Å²) in [6.45, 7) is 5.78. The molecular weight excluding hydrogens is 470 g/mol. The van der Waals surface area contributed by atoms with Crippen LogP contribution in [0.5, 0.6) is 0 Å². The first kappa shape index (κ1) is 30.4. The normalized spacial score (nSPS) is 13.2. The Morgan fingerprint density at radius 1 is 1.28 bits per heavy atom. The lowest BCUT2D eigenvalue weighted by atomic mass is 10.1. The number of oxime groups is 1. The number of carbonyl (C=O) groups is 3. The highest BCUT2D eigenvalue weighted by Crippen LogP contribution is 2.14. The molecule has 0 bridgehead atoms. The van der Waals surface area contributed by atoms with Crippen molar-refractivity contribution < 1.29 is 24.7 Å². The van der Waals surface area contributed by atoms with Crippen LogP contribution in [0.3, 0.4) is 0 Å². The number of aliphatic carboxylic acids is 1. The zero-order valence-electron chi connectivity index (χ0n) is 21.3. The summed E-state index contributed by atoms with van der Waals surface area (Å²) >= 11 is 0. The second kappa shape index (κ2) is 15.4. The Morgan fingerprint density at radius 2 is 1.97 bits per heavy atom. The average molecular weight is 508 g/mol. The van der Waals surface area contributed by atoms with Gasteiger partial charge in [0.15, 0.2) is 11.6 Å². The van der Waals surface area contributed by atoms with Crippen LogP contribution in [0.2, 0.25) is 0 Å². The van der Waals surface area contributed by atoms with Gasteiger partial charge >= 0.3 is 5.97 Å². The summed E-state index contributed by atoms with van der Waals surface area (Å²) in [5, 5.41) is 34.1. The predicted molar refractivity (Wildman–Crippen MR) is 135 cm³/mol. The number of unbranched alkanes of at least 4 members (excludes halogenated alkanes) is 1. The first-order valence-corrected chi connectivity index (χ1v) is 11.9. The van der Waals surface area contributed by atoms with E-state index in [0.717, 1.165) is 17.4 Å². The van der Waals surface area contributed by atoms with E-state index in [0.29, 0.717) is 13.0 Å². The van der Waals surface area contributed by atoms with E-state index < -0.39 is 41.7 Å². The minimum absolute atomic E-state index is 0.000951. The molecule has 13 nitrogen and oxygen atoms in total. The summed E-state index contributed by atoms with van der Waals surface area (Å²) in [7, 11) is 1.76. The molecule has 0 spiro atoms. The highest BCUT2D eigenvalue weighted by atomic mass is 16.4. The molecule has 0 aliphatic rings. The van der Waals surface area contributed by atoms with Gasteiger partial charge in [-0.05, 0) is 33.4 Å². The van der Waals surface area contributed by atoms with Gasteiger partial charge in [0.1, 0.15) is 11.8 Å². The Balaban J connectivity index is 3.14. The Morgan fingerprint density at radius 3 is 2.53 bits per heavy atom. The molecule has 1 rings (SSSR count). The minimum atomic E-state index is -1.24. The van der Waals surface area contributed by atoms with Crippen molar-refractivity contribution in [3.05, 3.63) is 22.7 Å². The second-order valence-electron chi connectivity index (χ2n) is 8.53. The van der Waals surface area contributed by atoms with Crippen molar-refractivity contribution >= 4 is 34.9 Å². The highest BCUT2D eigenvalue weighted by molar-refractivity contribution is 6.41. The van der Waals surface area contributed by atoms with Crippen LogP contribution >= 0.6 is 0 Å². The Bertz CT molecular complexity index is 1010. The van der Waals surface area contributed by atoms with Gasteiger partial charge in [0, 0.05) is 12.4 Å². The van der Waals surface area contributed by atoms with E-state index >= 15 is 0 Å². The third-order valence-corrected chi connectivity index (χ3v) is 5.45. The summed E-state index contributed by atoms with van der Waals surface area (Å²) in [6, 6.07) is -2.25. The molecule has 0 radical (unpaired) electrons. The van der Waals surface area contributed by atoms with Gasteiger partial charge in [-0.3, -0.25) is 28.6 Å². The van der Waals surface area contributed by atoms with Crippen LogP contribution in [0.4, 0.5) is 5.82 Å². The Kier molecular flexibility index (Phi) is 13.0. The summed E-state index contributed by atoms with van der Waals surface area (Å²) in [5.41, 5.74) is -0.626. The third-order valence-electron chi connectivity index (χ3n) is 5.45. The summed E-state index contributed by atoms with van der Waals surface area (Å²) in [6.07, 6.45) is 4.68. The molecule has 0 fully saturated rings. The van der Waals surface area contributed by atoms with E-state index in [9.17, 15) is 24.3 Å². The average Bonchev–Trinajstić information content (AvgIpc) is 2.81. The topological polar surface area (TPSA) is 190 Å². The number of nitrogens with one attached hydrogen (secondary N) is 3. The lowest BCUT2D eigenvalue weighted by Gasteiger charge is -2.24. The number of rotatable bonds is 17.